The first kappa shape index (κ1) is 13.3. The van der Waals surface area contributed by atoms with E-state index < -0.39 is 0 Å². The van der Waals surface area contributed by atoms with Crippen LogP contribution in [0.3, 0.4) is 0 Å². The van der Waals surface area contributed by atoms with Crippen molar-refractivity contribution in [3.63, 3.8) is 0 Å². The van der Waals surface area contributed by atoms with Crippen molar-refractivity contribution in [1.29, 1.82) is 0 Å². The molecule has 2 nitrogen and oxygen atoms in total. The summed E-state index contributed by atoms with van der Waals surface area (Å²) in [6, 6.07) is 0.630. The minimum Gasteiger partial charge on any atom is -0.380 e. The molecule has 1 saturated heterocycles. The Labute approximate surface area is 98.5 Å². The first-order valence-corrected chi connectivity index (χ1v) is 7.63. The van der Waals surface area contributed by atoms with Crippen molar-refractivity contribution in [3.05, 3.63) is 0 Å². The van der Waals surface area contributed by atoms with Gasteiger partial charge in [0.2, 0.25) is 0 Å². The first-order valence-electron chi connectivity index (χ1n) is 6.23. The Hall–Kier alpha value is 0.270. The summed E-state index contributed by atoms with van der Waals surface area (Å²) in [6.07, 6.45) is 10.2. The molecule has 0 saturated carbocycles. The molecular weight excluding hydrogens is 206 g/mol. The fourth-order valence-corrected chi connectivity index (χ4v) is 2.43. The van der Waals surface area contributed by atoms with Crippen molar-refractivity contribution in [2.45, 2.75) is 44.6 Å². The Morgan fingerprint density at radius 3 is 2.87 bits per heavy atom. The van der Waals surface area contributed by atoms with E-state index in [-0.39, 0.29) is 0 Å². The maximum absolute atomic E-state index is 5.43. The van der Waals surface area contributed by atoms with Gasteiger partial charge in [-0.15, -0.1) is 0 Å². The summed E-state index contributed by atoms with van der Waals surface area (Å²) in [5.74, 6) is 1.32. The lowest BCUT2D eigenvalue weighted by Gasteiger charge is -2.23. The maximum Gasteiger partial charge on any atom is 0.0619 e. The molecule has 0 amide bonds. The smallest absolute Gasteiger partial charge is 0.0619 e. The first-order chi connectivity index (χ1) is 7.43. The molecule has 1 aliphatic heterocycles. The van der Waals surface area contributed by atoms with Crippen LogP contribution < -0.4 is 5.32 Å². The monoisotopic (exact) mass is 231 g/mol. The van der Waals surface area contributed by atoms with E-state index in [0.717, 1.165) is 13.2 Å². The SMILES string of the molecule is CSCCCCCCNC1CCCOC1. The number of ether oxygens (including phenoxy) is 1. The van der Waals surface area contributed by atoms with Crippen LogP contribution in [0.15, 0.2) is 0 Å². The van der Waals surface area contributed by atoms with E-state index in [1.807, 2.05) is 11.8 Å². The topological polar surface area (TPSA) is 21.3 Å². The Morgan fingerprint density at radius 2 is 2.13 bits per heavy atom. The van der Waals surface area contributed by atoms with Gasteiger partial charge in [0.1, 0.15) is 0 Å². The number of rotatable bonds is 8. The third-order valence-corrected chi connectivity index (χ3v) is 3.57. The van der Waals surface area contributed by atoms with Crippen LogP contribution in [-0.4, -0.2) is 37.8 Å². The highest BCUT2D eigenvalue weighted by molar-refractivity contribution is 7.98. The summed E-state index contributed by atoms with van der Waals surface area (Å²) in [5.41, 5.74) is 0. The molecule has 1 heterocycles. The Bertz CT molecular complexity index is 138. The summed E-state index contributed by atoms with van der Waals surface area (Å²) in [7, 11) is 0. The zero-order valence-electron chi connectivity index (χ0n) is 9.96. The predicted molar refractivity (Wildman–Crippen MR) is 68.7 cm³/mol. The molecule has 15 heavy (non-hydrogen) atoms. The quantitative estimate of drug-likeness (QED) is 0.649. The molecule has 1 rings (SSSR count). The average molecular weight is 231 g/mol. The van der Waals surface area contributed by atoms with Gasteiger partial charge in [-0.25, -0.2) is 0 Å². The van der Waals surface area contributed by atoms with Gasteiger partial charge in [-0.3, -0.25) is 0 Å². The van der Waals surface area contributed by atoms with E-state index in [0.29, 0.717) is 6.04 Å². The second kappa shape index (κ2) is 9.49. The largest absolute Gasteiger partial charge is 0.380 e. The van der Waals surface area contributed by atoms with Crippen LogP contribution >= 0.6 is 11.8 Å². The molecule has 1 atom stereocenters. The molecule has 0 aromatic carbocycles. The number of unbranched alkanes of at least 4 members (excludes halogenated alkanes) is 3. The number of hydrogen-bond donors (Lipinski definition) is 1. The van der Waals surface area contributed by atoms with E-state index in [1.165, 1.54) is 50.8 Å². The van der Waals surface area contributed by atoms with E-state index in [2.05, 4.69) is 11.6 Å². The van der Waals surface area contributed by atoms with Gasteiger partial charge in [0.25, 0.3) is 0 Å². The zero-order valence-corrected chi connectivity index (χ0v) is 10.8. The molecule has 3 heteroatoms. The standard InChI is InChI=1S/C12H25NOS/c1-15-10-5-3-2-4-8-13-12-7-6-9-14-11-12/h12-13H,2-11H2,1H3. The van der Waals surface area contributed by atoms with Crippen molar-refractivity contribution in [2.75, 3.05) is 31.8 Å². The molecule has 1 N–H and O–H groups in total. The summed E-state index contributed by atoms with van der Waals surface area (Å²) < 4.78 is 5.43. The van der Waals surface area contributed by atoms with E-state index >= 15 is 0 Å². The van der Waals surface area contributed by atoms with Gasteiger partial charge in [0, 0.05) is 12.6 Å². The van der Waals surface area contributed by atoms with Gasteiger partial charge >= 0.3 is 0 Å². The van der Waals surface area contributed by atoms with E-state index in [4.69, 9.17) is 4.74 Å². The lowest BCUT2D eigenvalue weighted by molar-refractivity contribution is 0.0704. The van der Waals surface area contributed by atoms with Crippen LogP contribution in [0.4, 0.5) is 0 Å². The molecule has 0 radical (unpaired) electrons. The fraction of sp³-hybridized carbons (Fsp3) is 1.00. The molecule has 0 aliphatic carbocycles. The molecule has 0 aromatic rings. The molecule has 90 valence electrons. The van der Waals surface area contributed by atoms with Gasteiger partial charge in [-0.05, 0) is 44.2 Å². The highest BCUT2D eigenvalue weighted by Crippen LogP contribution is 2.07. The summed E-state index contributed by atoms with van der Waals surface area (Å²) >= 11 is 1.96. The van der Waals surface area contributed by atoms with Gasteiger partial charge in [-0.2, -0.15) is 11.8 Å². The second-order valence-electron chi connectivity index (χ2n) is 4.28. The average Bonchev–Trinajstić information content (AvgIpc) is 2.29. The van der Waals surface area contributed by atoms with Crippen molar-refractivity contribution >= 4 is 11.8 Å². The van der Waals surface area contributed by atoms with Crippen molar-refractivity contribution < 1.29 is 4.74 Å². The summed E-state index contributed by atoms with van der Waals surface area (Å²) in [6.45, 7) is 3.06. The summed E-state index contributed by atoms with van der Waals surface area (Å²) in [4.78, 5) is 0. The minimum absolute atomic E-state index is 0.630. The molecular formula is C12H25NOS. The van der Waals surface area contributed by atoms with E-state index in [1.54, 1.807) is 0 Å². The van der Waals surface area contributed by atoms with Crippen molar-refractivity contribution in [3.8, 4) is 0 Å². The number of thioether (sulfide) groups is 1. The van der Waals surface area contributed by atoms with Crippen LogP contribution in [0.25, 0.3) is 0 Å². The van der Waals surface area contributed by atoms with Gasteiger partial charge in [0.05, 0.1) is 6.61 Å². The molecule has 0 aromatic heterocycles. The molecule has 1 unspecified atom stereocenters. The zero-order chi connectivity index (χ0) is 10.8. The van der Waals surface area contributed by atoms with Crippen LogP contribution in [0.2, 0.25) is 0 Å². The molecule has 1 fully saturated rings. The molecule has 1 aliphatic rings. The number of hydrogen-bond acceptors (Lipinski definition) is 3. The van der Waals surface area contributed by atoms with E-state index in [9.17, 15) is 0 Å². The minimum atomic E-state index is 0.630. The fourth-order valence-electron chi connectivity index (χ4n) is 1.93. The second-order valence-corrected chi connectivity index (χ2v) is 5.26. The third-order valence-electron chi connectivity index (χ3n) is 2.87. The third kappa shape index (κ3) is 7.20. The van der Waals surface area contributed by atoms with Crippen LogP contribution in [0, 0.1) is 0 Å². The van der Waals surface area contributed by atoms with Crippen molar-refractivity contribution in [1.82, 2.24) is 5.32 Å². The highest BCUT2D eigenvalue weighted by Gasteiger charge is 2.11. The van der Waals surface area contributed by atoms with Crippen molar-refractivity contribution in [2.24, 2.45) is 0 Å². The molecule has 0 spiro atoms. The highest BCUT2D eigenvalue weighted by atomic mass is 32.2. The molecule has 0 bridgehead atoms. The van der Waals surface area contributed by atoms with Gasteiger partial charge in [0.15, 0.2) is 0 Å². The Morgan fingerprint density at radius 1 is 1.27 bits per heavy atom. The van der Waals surface area contributed by atoms with Gasteiger partial charge in [-0.1, -0.05) is 12.8 Å². The summed E-state index contributed by atoms with van der Waals surface area (Å²) in [5, 5.41) is 3.58. The number of nitrogens with one attached hydrogen (secondary N) is 1. The predicted octanol–water partition coefficient (Wildman–Crippen LogP) is 2.68. The lowest BCUT2D eigenvalue weighted by atomic mass is 10.1. The Balaban J connectivity index is 1.79. The van der Waals surface area contributed by atoms with Crippen LogP contribution in [-0.2, 0) is 4.74 Å². The van der Waals surface area contributed by atoms with Crippen LogP contribution in [0.5, 0.6) is 0 Å². The lowest BCUT2D eigenvalue weighted by Crippen LogP contribution is -2.37. The Kier molecular flexibility index (Phi) is 8.44. The maximum atomic E-state index is 5.43. The van der Waals surface area contributed by atoms with Gasteiger partial charge < -0.3 is 10.1 Å². The normalized spacial score (nSPS) is 21.8. The van der Waals surface area contributed by atoms with Crippen LogP contribution in [0.1, 0.15) is 38.5 Å².